The van der Waals surface area contributed by atoms with Crippen LogP contribution in [0.15, 0.2) is 61.1 Å². The van der Waals surface area contributed by atoms with Crippen LogP contribution in [-0.4, -0.2) is 63.1 Å². The van der Waals surface area contributed by atoms with Crippen LogP contribution in [0.5, 0.6) is 11.5 Å². The van der Waals surface area contributed by atoms with Crippen molar-refractivity contribution in [2.45, 2.75) is 12.6 Å². The molecular formula is C24H24N6O2. The monoisotopic (exact) mass is 428 g/mol. The molecule has 6 rings (SSSR count). The highest BCUT2D eigenvalue weighted by Gasteiger charge is 2.29. The maximum atomic E-state index is 5.54. The Morgan fingerprint density at radius 1 is 0.969 bits per heavy atom. The number of ether oxygens (including phenoxy) is 2. The van der Waals surface area contributed by atoms with Crippen LogP contribution in [0.25, 0.3) is 16.6 Å². The molecule has 0 saturated carbocycles. The summed E-state index contributed by atoms with van der Waals surface area (Å²) in [7, 11) is 2.17. The average Bonchev–Trinajstić information content (AvgIpc) is 3.47. The molecule has 0 spiro atoms. The molecule has 8 nitrogen and oxygen atoms in total. The van der Waals surface area contributed by atoms with Gasteiger partial charge in [0.2, 0.25) is 6.79 Å². The smallest absolute Gasteiger partial charge is 0.231 e. The number of likely N-dealkylation sites (N-methyl/N-ethyl adjacent to an activating group) is 1. The van der Waals surface area contributed by atoms with E-state index in [1.165, 1.54) is 5.56 Å². The summed E-state index contributed by atoms with van der Waals surface area (Å²) in [6.07, 6.45) is 5.64. The van der Waals surface area contributed by atoms with Crippen molar-refractivity contribution >= 4 is 5.52 Å². The van der Waals surface area contributed by atoms with Gasteiger partial charge in [-0.15, -0.1) is 5.10 Å². The Bertz CT molecular complexity index is 1260. The molecule has 2 aliphatic heterocycles. The molecule has 1 saturated heterocycles. The zero-order valence-electron chi connectivity index (χ0n) is 17.9. The average molecular weight is 428 g/mol. The van der Waals surface area contributed by atoms with E-state index in [9.17, 15) is 0 Å². The lowest BCUT2D eigenvalue weighted by molar-refractivity contribution is 0.0889. The van der Waals surface area contributed by atoms with Gasteiger partial charge in [-0.3, -0.25) is 14.8 Å². The van der Waals surface area contributed by atoms with Gasteiger partial charge in [-0.05, 0) is 48.5 Å². The molecule has 1 fully saturated rings. The summed E-state index contributed by atoms with van der Waals surface area (Å²) >= 11 is 0. The van der Waals surface area contributed by atoms with Gasteiger partial charge in [-0.25, -0.2) is 4.52 Å². The fraction of sp³-hybridized carbons (Fsp3) is 0.292. The molecule has 3 aromatic heterocycles. The standard InChI is InChI=1S/C24H24N6O2/c1-28-10-11-29(13-17-2-5-22-23(12-17)32-16-31-22)15-21(28)24-20-4-3-19(14-30(20)27-26-24)18-6-8-25-9-7-18/h2-9,12,14,21H,10-11,13,15-16H2,1H3. The van der Waals surface area contributed by atoms with Crippen molar-refractivity contribution in [3.05, 3.63) is 72.3 Å². The van der Waals surface area contributed by atoms with E-state index in [-0.39, 0.29) is 6.04 Å². The Labute approximate surface area is 186 Å². The predicted octanol–water partition coefficient (Wildman–Crippen LogP) is 3.01. The second-order valence-corrected chi connectivity index (χ2v) is 8.38. The minimum atomic E-state index is 0.182. The molecule has 1 aromatic carbocycles. The zero-order chi connectivity index (χ0) is 21.5. The third kappa shape index (κ3) is 3.47. The van der Waals surface area contributed by atoms with Gasteiger partial charge in [0.15, 0.2) is 11.5 Å². The van der Waals surface area contributed by atoms with Crippen molar-refractivity contribution in [1.82, 2.24) is 29.6 Å². The molecule has 1 atom stereocenters. The first-order chi connectivity index (χ1) is 15.7. The highest BCUT2D eigenvalue weighted by molar-refractivity contribution is 5.65. The van der Waals surface area contributed by atoms with E-state index in [4.69, 9.17) is 9.47 Å². The van der Waals surface area contributed by atoms with Crippen LogP contribution in [0.4, 0.5) is 0 Å². The van der Waals surface area contributed by atoms with Crippen LogP contribution in [0.3, 0.4) is 0 Å². The van der Waals surface area contributed by atoms with E-state index in [2.05, 4.69) is 56.4 Å². The normalized spacial score (nSPS) is 19.0. The van der Waals surface area contributed by atoms with Crippen LogP contribution >= 0.6 is 0 Å². The first-order valence-electron chi connectivity index (χ1n) is 10.8. The van der Waals surface area contributed by atoms with Crippen LogP contribution in [-0.2, 0) is 6.54 Å². The molecule has 4 aromatic rings. The molecule has 0 bridgehead atoms. The van der Waals surface area contributed by atoms with Crippen LogP contribution in [0.2, 0.25) is 0 Å². The molecule has 32 heavy (non-hydrogen) atoms. The van der Waals surface area contributed by atoms with Crippen LogP contribution in [0.1, 0.15) is 17.3 Å². The quantitative estimate of drug-likeness (QED) is 0.495. The van der Waals surface area contributed by atoms with Crippen molar-refractivity contribution in [3.8, 4) is 22.6 Å². The van der Waals surface area contributed by atoms with Gasteiger partial charge in [-0.1, -0.05) is 17.3 Å². The number of piperazine rings is 1. The second-order valence-electron chi connectivity index (χ2n) is 8.38. The summed E-state index contributed by atoms with van der Waals surface area (Å²) < 4.78 is 12.9. The molecular weight excluding hydrogens is 404 g/mol. The highest BCUT2D eigenvalue weighted by Crippen LogP contribution is 2.34. The van der Waals surface area contributed by atoms with Gasteiger partial charge in [0, 0.05) is 50.3 Å². The van der Waals surface area contributed by atoms with Crippen molar-refractivity contribution in [3.63, 3.8) is 0 Å². The largest absolute Gasteiger partial charge is 0.454 e. The molecule has 0 aliphatic carbocycles. The van der Waals surface area contributed by atoms with Gasteiger partial charge in [0.25, 0.3) is 0 Å². The Hall–Kier alpha value is -3.49. The first kappa shape index (κ1) is 19.2. The lowest BCUT2D eigenvalue weighted by Gasteiger charge is -2.38. The molecule has 2 aliphatic rings. The molecule has 8 heteroatoms. The third-order valence-electron chi connectivity index (χ3n) is 6.34. The Kier molecular flexibility index (Phi) is 4.74. The summed E-state index contributed by atoms with van der Waals surface area (Å²) in [6, 6.07) is 14.6. The number of pyridine rings is 2. The summed E-state index contributed by atoms with van der Waals surface area (Å²) in [5, 5.41) is 9.03. The minimum Gasteiger partial charge on any atom is -0.454 e. The van der Waals surface area contributed by atoms with E-state index in [0.29, 0.717) is 6.79 Å². The predicted molar refractivity (Wildman–Crippen MR) is 119 cm³/mol. The van der Waals surface area contributed by atoms with Crippen LogP contribution in [0, 0.1) is 0 Å². The van der Waals surface area contributed by atoms with Crippen molar-refractivity contribution < 1.29 is 9.47 Å². The summed E-state index contributed by atoms with van der Waals surface area (Å²) in [4.78, 5) is 8.95. The zero-order valence-corrected chi connectivity index (χ0v) is 17.9. The second kappa shape index (κ2) is 7.89. The van der Waals surface area contributed by atoms with Crippen molar-refractivity contribution in [1.29, 1.82) is 0 Å². The molecule has 0 N–H and O–H groups in total. The molecule has 5 heterocycles. The number of aromatic nitrogens is 4. The number of hydrogen-bond donors (Lipinski definition) is 0. The van der Waals surface area contributed by atoms with Crippen LogP contribution < -0.4 is 9.47 Å². The number of nitrogens with zero attached hydrogens (tertiary/aromatic N) is 6. The van der Waals surface area contributed by atoms with Gasteiger partial charge in [0.1, 0.15) is 5.69 Å². The van der Waals surface area contributed by atoms with Gasteiger partial charge >= 0.3 is 0 Å². The summed E-state index contributed by atoms with van der Waals surface area (Å²) in [6.45, 7) is 4.05. The van der Waals surface area contributed by atoms with Crippen molar-refractivity contribution in [2.24, 2.45) is 0 Å². The minimum absolute atomic E-state index is 0.182. The van der Waals surface area contributed by atoms with Crippen molar-refractivity contribution in [2.75, 3.05) is 33.5 Å². The van der Waals surface area contributed by atoms with E-state index in [0.717, 1.165) is 60.0 Å². The lowest BCUT2D eigenvalue weighted by atomic mass is 10.1. The SMILES string of the molecule is CN1CCN(Cc2ccc3c(c2)OCO3)CC1c1nnn2cc(-c3ccncc3)ccc12. The Balaban J connectivity index is 1.24. The maximum absolute atomic E-state index is 5.54. The Morgan fingerprint density at radius 3 is 2.75 bits per heavy atom. The first-order valence-corrected chi connectivity index (χ1v) is 10.8. The topological polar surface area (TPSA) is 68.0 Å². The number of fused-ring (bicyclic) bond motifs is 2. The highest BCUT2D eigenvalue weighted by atomic mass is 16.7. The summed E-state index contributed by atoms with van der Waals surface area (Å²) in [5.74, 6) is 1.66. The fourth-order valence-electron chi connectivity index (χ4n) is 4.53. The number of benzene rings is 1. The molecule has 0 amide bonds. The fourth-order valence-corrected chi connectivity index (χ4v) is 4.53. The van der Waals surface area contributed by atoms with Gasteiger partial charge in [0.05, 0.1) is 11.6 Å². The van der Waals surface area contributed by atoms with Gasteiger partial charge in [-0.2, -0.15) is 0 Å². The lowest BCUT2D eigenvalue weighted by Crippen LogP contribution is -2.46. The van der Waals surface area contributed by atoms with E-state index in [1.807, 2.05) is 28.9 Å². The maximum Gasteiger partial charge on any atom is 0.231 e. The third-order valence-corrected chi connectivity index (χ3v) is 6.34. The number of rotatable bonds is 4. The summed E-state index contributed by atoms with van der Waals surface area (Å²) in [5.41, 5.74) is 5.50. The van der Waals surface area contributed by atoms with Gasteiger partial charge < -0.3 is 9.47 Å². The molecule has 162 valence electrons. The Morgan fingerprint density at radius 2 is 1.84 bits per heavy atom. The van der Waals surface area contributed by atoms with E-state index in [1.54, 1.807) is 12.4 Å². The van der Waals surface area contributed by atoms with E-state index >= 15 is 0 Å². The molecule has 1 unspecified atom stereocenters. The molecule has 0 radical (unpaired) electrons. The van der Waals surface area contributed by atoms with E-state index < -0.39 is 0 Å². The number of hydrogen-bond acceptors (Lipinski definition) is 7.